The van der Waals surface area contributed by atoms with Gasteiger partial charge < -0.3 is 20.1 Å². The molecule has 1 saturated heterocycles. The smallest absolute Gasteiger partial charge is 0.317 e. The number of carboxylic acids is 1. The average molecular weight is 364 g/mol. The Morgan fingerprint density at radius 1 is 1.38 bits per heavy atom. The number of hydrogen-bond acceptors (Lipinski definition) is 3. The molecule has 0 bridgehead atoms. The maximum atomic E-state index is 13.1. The molecule has 3 rings (SSSR count). The number of fused-ring (bicyclic) bond motifs is 1. The maximum absolute atomic E-state index is 13.1. The van der Waals surface area contributed by atoms with Crippen molar-refractivity contribution in [2.45, 2.75) is 38.3 Å². The fourth-order valence-electron chi connectivity index (χ4n) is 4.44. The normalized spacial score (nSPS) is 27.0. The Labute approximate surface area is 152 Å². The number of carbonyl (C=O) groups is 2. The molecule has 6 nitrogen and oxygen atoms in total. The fraction of sp³-hybridized carbons (Fsp3) is 0.579. The first kappa shape index (κ1) is 18.6. The number of nitrogens with one attached hydrogen (secondary N) is 1. The molecule has 2 N–H and O–H groups in total. The molecular weight excluding hydrogens is 339 g/mol. The van der Waals surface area contributed by atoms with E-state index in [4.69, 9.17) is 4.74 Å². The summed E-state index contributed by atoms with van der Waals surface area (Å²) in [6.07, 6.45) is 1.96. The molecule has 0 spiro atoms. The minimum absolute atomic E-state index is 0.0244. The van der Waals surface area contributed by atoms with Crippen LogP contribution in [0.3, 0.4) is 0 Å². The largest absolute Gasteiger partial charge is 0.481 e. The van der Waals surface area contributed by atoms with Gasteiger partial charge in [-0.15, -0.1) is 0 Å². The number of carboxylic acid groups (broad SMARTS) is 1. The molecule has 2 amide bonds. The Bertz CT molecular complexity index is 681. The Kier molecular flexibility index (Phi) is 5.18. The van der Waals surface area contributed by atoms with Gasteiger partial charge in [-0.1, -0.05) is 18.6 Å². The molecule has 2 unspecified atom stereocenters. The topological polar surface area (TPSA) is 78.9 Å². The number of methoxy groups -OCH3 is 1. The predicted molar refractivity (Wildman–Crippen MR) is 93.1 cm³/mol. The summed E-state index contributed by atoms with van der Waals surface area (Å²) in [7, 11) is 1.54. The summed E-state index contributed by atoms with van der Waals surface area (Å²) < 4.78 is 18.6. The van der Waals surface area contributed by atoms with Crippen LogP contribution in [0.25, 0.3) is 0 Å². The standard InChI is InChI=1S/C19H25FN2O4/c1-12(16(26-2)13-5-7-15(20)8-6-13)21-18(25)22-10-14-4-3-9-19(14,11-22)17(23)24/h5-8,12,14,16H,3-4,9-11H2,1-2H3,(H,21,25)(H,23,24)/t12?,14-,16?,19+/m0/s1. The lowest BCUT2D eigenvalue weighted by atomic mass is 9.81. The van der Waals surface area contributed by atoms with Gasteiger partial charge in [0.05, 0.1) is 11.5 Å². The van der Waals surface area contributed by atoms with Gasteiger partial charge in [0.15, 0.2) is 0 Å². The zero-order valence-corrected chi connectivity index (χ0v) is 15.1. The Morgan fingerprint density at radius 2 is 2.08 bits per heavy atom. The van der Waals surface area contributed by atoms with Gasteiger partial charge in [0.25, 0.3) is 0 Å². The highest BCUT2D eigenvalue weighted by Crippen LogP contribution is 2.48. The van der Waals surface area contributed by atoms with Crippen molar-refractivity contribution >= 4 is 12.0 Å². The third kappa shape index (κ3) is 3.28. The van der Waals surface area contributed by atoms with Crippen LogP contribution in [0.2, 0.25) is 0 Å². The molecule has 1 saturated carbocycles. The molecular formula is C19H25FN2O4. The molecule has 1 aliphatic carbocycles. The van der Waals surface area contributed by atoms with Crippen LogP contribution in [-0.2, 0) is 9.53 Å². The molecule has 1 aliphatic heterocycles. The van der Waals surface area contributed by atoms with E-state index in [1.54, 1.807) is 17.0 Å². The van der Waals surface area contributed by atoms with Crippen LogP contribution >= 0.6 is 0 Å². The molecule has 0 aromatic heterocycles. The lowest BCUT2D eigenvalue weighted by Gasteiger charge is -2.28. The molecule has 1 aromatic rings. The van der Waals surface area contributed by atoms with Gasteiger partial charge in [0, 0.05) is 20.2 Å². The number of benzene rings is 1. The first-order valence-electron chi connectivity index (χ1n) is 8.94. The quantitative estimate of drug-likeness (QED) is 0.842. The maximum Gasteiger partial charge on any atom is 0.317 e. The summed E-state index contributed by atoms with van der Waals surface area (Å²) in [6.45, 7) is 2.54. The van der Waals surface area contributed by atoms with Gasteiger partial charge in [0.1, 0.15) is 11.9 Å². The first-order chi connectivity index (χ1) is 12.4. The highest BCUT2D eigenvalue weighted by Gasteiger charge is 2.55. The summed E-state index contributed by atoms with van der Waals surface area (Å²) in [6, 6.07) is 5.34. The highest BCUT2D eigenvalue weighted by atomic mass is 19.1. The van der Waals surface area contributed by atoms with Crippen molar-refractivity contribution in [1.82, 2.24) is 10.2 Å². The van der Waals surface area contributed by atoms with Crippen LogP contribution in [0.1, 0.15) is 37.9 Å². The van der Waals surface area contributed by atoms with Crippen molar-refractivity contribution in [3.63, 3.8) is 0 Å². The van der Waals surface area contributed by atoms with E-state index < -0.39 is 17.5 Å². The van der Waals surface area contributed by atoms with Crippen molar-refractivity contribution in [2.24, 2.45) is 11.3 Å². The number of carbonyl (C=O) groups excluding carboxylic acids is 1. The number of aliphatic carboxylic acids is 1. The van der Waals surface area contributed by atoms with Crippen LogP contribution < -0.4 is 5.32 Å². The Morgan fingerprint density at radius 3 is 2.65 bits per heavy atom. The van der Waals surface area contributed by atoms with Gasteiger partial charge in [-0.25, -0.2) is 9.18 Å². The summed E-state index contributed by atoms with van der Waals surface area (Å²) in [5, 5.41) is 12.6. The molecule has 142 valence electrons. The molecule has 26 heavy (non-hydrogen) atoms. The van der Waals surface area contributed by atoms with E-state index in [1.165, 1.54) is 19.2 Å². The zero-order valence-electron chi connectivity index (χ0n) is 15.1. The molecule has 1 aromatic carbocycles. The molecule has 7 heteroatoms. The van der Waals surface area contributed by atoms with Gasteiger partial charge in [-0.3, -0.25) is 4.79 Å². The van der Waals surface area contributed by atoms with Gasteiger partial charge in [-0.05, 0) is 43.4 Å². The summed E-state index contributed by atoms with van der Waals surface area (Å²) in [5.74, 6) is -1.11. The van der Waals surface area contributed by atoms with Gasteiger partial charge in [-0.2, -0.15) is 0 Å². The lowest BCUT2D eigenvalue weighted by Crippen LogP contribution is -2.46. The Hall–Kier alpha value is -2.15. The van der Waals surface area contributed by atoms with E-state index >= 15 is 0 Å². The summed E-state index contributed by atoms with van der Waals surface area (Å²) in [5.41, 5.74) is -0.0277. The van der Waals surface area contributed by atoms with Crippen molar-refractivity contribution in [1.29, 1.82) is 0 Å². The van der Waals surface area contributed by atoms with E-state index in [1.807, 2.05) is 6.92 Å². The molecule has 4 atom stereocenters. The SMILES string of the molecule is COC(c1ccc(F)cc1)C(C)NC(=O)N1C[C@@H]2CCC[C@@]2(C(=O)O)C1. The third-order valence-electron chi connectivity index (χ3n) is 5.84. The first-order valence-corrected chi connectivity index (χ1v) is 8.94. The monoisotopic (exact) mass is 364 g/mol. The van der Waals surface area contributed by atoms with Crippen LogP contribution in [0.15, 0.2) is 24.3 Å². The number of urea groups is 1. The Balaban J connectivity index is 1.66. The minimum atomic E-state index is -0.801. The number of nitrogens with zero attached hydrogens (tertiary/aromatic N) is 1. The van der Waals surface area contributed by atoms with E-state index in [2.05, 4.69) is 5.32 Å². The van der Waals surface area contributed by atoms with Crippen molar-refractivity contribution in [3.8, 4) is 0 Å². The van der Waals surface area contributed by atoms with E-state index in [0.29, 0.717) is 13.0 Å². The highest BCUT2D eigenvalue weighted by molar-refractivity contribution is 5.80. The molecule has 2 fully saturated rings. The van der Waals surface area contributed by atoms with E-state index in [0.717, 1.165) is 18.4 Å². The molecule has 2 aliphatic rings. The number of hydrogen-bond donors (Lipinski definition) is 2. The number of likely N-dealkylation sites (tertiary alicyclic amines) is 1. The molecule has 1 heterocycles. The van der Waals surface area contributed by atoms with Crippen molar-refractivity contribution in [2.75, 3.05) is 20.2 Å². The fourth-order valence-corrected chi connectivity index (χ4v) is 4.44. The second-order valence-electron chi connectivity index (χ2n) is 7.38. The average Bonchev–Trinajstić information content (AvgIpc) is 3.15. The van der Waals surface area contributed by atoms with Crippen molar-refractivity contribution < 1.29 is 23.8 Å². The number of halogens is 1. The zero-order chi connectivity index (χ0) is 18.9. The molecule has 0 radical (unpaired) electrons. The third-order valence-corrected chi connectivity index (χ3v) is 5.84. The van der Waals surface area contributed by atoms with E-state index in [9.17, 15) is 19.1 Å². The summed E-state index contributed by atoms with van der Waals surface area (Å²) in [4.78, 5) is 26.0. The van der Waals surface area contributed by atoms with E-state index in [-0.39, 0.29) is 30.4 Å². The number of ether oxygens (including phenoxy) is 1. The lowest BCUT2D eigenvalue weighted by molar-refractivity contribution is -0.149. The number of rotatable bonds is 5. The number of amides is 2. The van der Waals surface area contributed by atoms with Crippen LogP contribution in [-0.4, -0.2) is 48.2 Å². The van der Waals surface area contributed by atoms with Gasteiger partial charge in [0.2, 0.25) is 0 Å². The van der Waals surface area contributed by atoms with Crippen LogP contribution in [0.5, 0.6) is 0 Å². The van der Waals surface area contributed by atoms with Crippen molar-refractivity contribution in [3.05, 3.63) is 35.6 Å². The van der Waals surface area contributed by atoms with Crippen LogP contribution in [0, 0.1) is 17.2 Å². The predicted octanol–water partition coefficient (Wildman–Crippen LogP) is 2.80. The second kappa shape index (κ2) is 7.23. The minimum Gasteiger partial charge on any atom is -0.481 e. The van der Waals surface area contributed by atoms with Crippen LogP contribution in [0.4, 0.5) is 9.18 Å². The second-order valence-corrected chi connectivity index (χ2v) is 7.38. The summed E-state index contributed by atoms with van der Waals surface area (Å²) >= 11 is 0. The van der Waals surface area contributed by atoms with Gasteiger partial charge >= 0.3 is 12.0 Å².